The van der Waals surface area contributed by atoms with Crippen molar-refractivity contribution in [3.8, 4) is 0 Å². The van der Waals surface area contributed by atoms with Gasteiger partial charge in [0.2, 0.25) is 10.0 Å². The zero-order valence-corrected chi connectivity index (χ0v) is 12.0. The molecule has 0 aromatic rings. The van der Waals surface area contributed by atoms with Crippen LogP contribution in [0.15, 0.2) is 0 Å². The average molecular weight is 262 g/mol. The summed E-state index contributed by atoms with van der Waals surface area (Å²) in [6.07, 6.45) is 6.24. The van der Waals surface area contributed by atoms with Gasteiger partial charge in [-0.05, 0) is 37.5 Å². The summed E-state index contributed by atoms with van der Waals surface area (Å²) in [4.78, 5) is 0. The molecule has 1 rings (SSSR count). The zero-order chi connectivity index (χ0) is 12.9. The van der Waals surface area contributed by atoms with Gasteiger partial charge in [-0.15, -0.1) is 0 Å². The van der Waals surface area contributed by atoms with Gasteiger partial charge in [-0.25, -0.2) is 13.1 Å². The third-order valence-electron chi connectivity index (χ3n) is 3.64. The second-order valence-electron chi connectivity index (χ2n) is 5.48. The Kier molecular flexibility index (Phi) is 5.89. The summed E-state index contributed by atoms with van der Waals surface area (Å²) in [5.74, 6) is 1.67. The van der Waals surface area contributed by atoms with Crippen LogP contribution in [0.25, 0.3) is 0 Å². The van der Waals surface area contributed by atoms with E-state index in [1.54, 1.807) is 0 Å². The molecule has 2 N–H and O–H groups in total. The fourth-order valence-corrected chi connectivity index (χ4v) is 2.98. The highest BCUT2D eigenvalue weighted by molar-refractivity contribution is 7.88. The van der Waals surface area contributed by atoms with Crippen LogP contribution >= 0.6 is 0 Å². The summed E-state index contributed by atoms with van der Waals surface area (Å²) >= 11 is 0. The second-order valence-corrected chi connectivity index (χ2v) is 7.31. The van der Waals surface area contributed by atoms with E-state index >= 15 is 0 Å². The fourth-order valence-electron chi connectivity index (χ4n) is 2.50. The molecule has 102 valence electrons. The lowest BCUT2D eigenvalue weighted by Gasteiger charge is -2.31. The molecule has 0 aliphatic heterocycles. The Morgan fingerprint density at radius 3 is 2.18 bits per heavy atom. The largest absolute Gasteiger partial charge is 0.313 e. The summed E-state index contributed by atoms with van der Waals surface area (Å²) in [7, 11) is -3.04. The molecule has 1 saturated carbocycles. The molecular formula is C12H26N2O2S. The van der Waals surface area contributed by atoms with Crippen molar-refractivity contribution < 1.29 is 8.42 Å². The Labute approximate surface area is 106 Å². The van der Waals surface area contributed by atoms with E-state index in [4.69, 9.17) is 0 Å². The molecule has 0 unspecified atom stereocenters. The van der Waals surface area contributed by atoms with E-state index in [-0.39, 0.29) is 0 Å². The van der Waals surface area contributed by atoms with Crippen LogP contribution in [0, 0.1) is 11.8 Å². The van der Waals surface area contributed by atoms with E-state index < -0.39 is 10.0 Å². The first kappa shape index (κ1) is 14.9. The van der Waals surface area contributed by atoms with Crippen molar-refractivity contribution >= 4 is 10.0 Å². The molecule has 0 saturated heterocycles. The Morgan fingerprint density at radius 1 is 1.12 bits per heavy atom. The van der Waals surface area contributed by atoms with Crippen LogP contribution < -0.4 is 10.0 Å². The second kappa shape index (κ2) is 6.71. The van der Waals surface area contributed by atoms with Gasteiger partial charge in [0.15, 0.2) is 0 Å². The first-order chi connectivity index (χ1) is 7.88. The van der Waals surface area contributed by atoms with Crippen molar-refractivity contribution in [2.75, 3.05) is 19.3 Å². The van der Waals surface area contributed by atoms with Gasteiger partial charge in [0.05, 0.1) is 6.26 Å². The van der Waals surface area contributed by atoms with Gasteiger partial charge in [-0.3, -0.25) is 0 Å². The van der Waals surface area contributed by atoms with E-state index in [0.29, 0.717) is 12.6 Å². The molecule has 5 heteroatoms. The number of sulfonamides is 1. The molecule has 0 spiro atoms. The van der Waals surface area contributed by atoms with Gasteiger partial charge in [-0.2, -0.15) is 0 Å². The topological polar surface area (TPSA) is 58.2 Å². The number of hydrogen-bond acceptors (Lipinski definition) is 3. The average Bonchev–Trinajstić information content (AvgIpc) is 2.24. The highest BCUT2D eigenvalue weighted by Gasteiger charge is 2.22. The monoisotopic (exact) mass is 262 g/mol. The predicted octanol–water partition coefficient (Wildman–Crippen LogP) is 1.34. The Bertz CT molecular complexity index is 306. The molecule has 1 fully saturated rings. The van der Waals surface area contributed by atoms with Gasteiger partial charge in [0, 0.05) is 19.1 Å². The Hall–Kier alpha value is -0.130. The van der Waals surface area contributed by atoms with Crippen LogP contribution in [0.5, 0.6) is 0 Å². The van der Waals surface area contributed by atoms with Crippen molar-refractivity contribution in [2.24, 2.45) is 11.8 Å². The number of hydrogen-bond donors (Lipinski definition) is 2. The first-order valence-electron chi connectivity index (χ1n) is 6.56. The molecule has 0 aromatic carbocycles. The van der Waals surface area contributed by atoms with Crippen molar-refractivity contribution in [1.29, 1.82) is 0 Å². The minimum Gasteiger partial charge on any atom is -0.313 e. The standard InChI is InChI=1S/C12H26N2O2S/c1-10(2)11-4-6-12(7-5-11)13-8-9-14-17(3,15)16/h10-14H,4-9H2,1-3H3. The van der Waals surface area contributed by atoms with E-state index in [1.807, 2.05) is 0 Å². The maximum Gasteiger partial charge on any atom is 0.208 e. The third kappa shape index (κ3) is 6.38. The fraction of sp³-hybridized carbons (Fsp3) is 1.00. The SMILES string of the molecule is CC(C)C1CCC(NCCNS(C)(=O)=O)CC1. The minimum absolute atomic E-state index is 0.489. The Balaban J connectivity index is 2.10. The summed E-state index contributed by atoms with van der Waals surface area (Å²) in [5.41, 5.74) is 0. The molecule has 4 nitrogen and oxygen atoms in total. The summed E-state index contributed by atoms with van der Waals surface area (Å²) in [6.45, 7) is 5.82. The summed E-state index contributed by atoms with van der Waals surface area (Å²) < 4.78 is 24.2. The molecule has 1 aliphatic rings. The van der Waals surface area contributed by atoms with Gasteiger partial charge >= 0.3 is 0 Å². The smallest absolute Gasteiger partial charge is 0.208 e. The molecule has 0 atom stereocenters. The lowest BCUT2D eigenvalue weighted by molar-refractivity contribution is 0.239. The quantitative estimate of drug-likeness (QED) is 0.710. The molecule has 0 aromatic heterocycles. The molecular weight excluding hydrogens is 236 g/mol. The van der Waals surface area contributed by atoms with Gasteiger partial charge in [-0.1, -0.05) is 13.8 Å². The van der Waals surface area contributed by atoms with E-state index in [0.717, 1.165) is 18.4 Å². The van der Waals surface area contributed by atoms with Crippen LogP contribution in [-0.4, -0.2) is 33.8 Å². The van der Waals surface area contributed by atoms with E-state index in [2.05, 4.69) is 23.9 Å². The Morgan fingerprint density at radius 2 is 1.71 bits per heavy atom. The molecule has 17 heavy (non-hydrogen) atoms. The maximum absolute atomic E-state index is 10.9. The van der Waals surface area contributed by atoms with Crippen LogP contribution in [0.1, 0.15) is 39.5 Å². The summed E-state index contributed by atoms with van der Waals surface area (Å²) in [6, 6.07) is 0.575. The van der Waals surface area contributed by atoms with Crippen molar-refractivity contribution in [3.05, 3.63) is 0 Å². The maximum atomic E-state index is 10.9. The van der Waals surface area contributed by atoms with E-state index in [9.17, 15) is 8.42 Å². The highest BCUT2D eigenvalue weighted by Crippen LogP contribution is 2.29. The normalized spacial score (nSPS) is 26.4. The van der Waals surface area contributed by atoms with Gasteiger partial charge in [0.25, 0.3) is 0 Å². The van der Waals surface area contributed by atoms with Crippen molar-refractivity contribution in [2.45, 2.75) is 45.6 Å². The first-order valence-corrected chi connectivity index (χ1v) is 8.45. The van der Waals surface area contributed by atoms with Crippen molar-refractivity contribution in [1.82, 2.24) is 10.0 Å². The zero-order valence-electron chi connectivity index (χ0n) is 11.2. The third-order valence-corrected chi connectivity index (χ3v) is 4.37. The highest BCUT2D eigenvalue weighted by atomic mass is 32.2. The predicted molar refractivity (Wildman–Crippen MR) is 71.4 cm³/mol. The minimum atomic E-state index is -3.04. The van der Waals surface area contributed by atoms with Gasteiger partial charge < -0.3 is 5.32 Å². The van der Waals surface area contributed by atoms with Crippen LogP contribution in [0.3, 0.4) is 0 Å². The van der Waals surface area contributed by atoms with Crippen LogP contribution in [-0.2, 0) is 10.0 Å². The molecule has 0 heterocycles. The lowest BCUT2D eigenvalue weighted by Crippen LogP contribution is -2.39. The number of rotatable bonds is 6. The summed E-state index contributed by atoms with van der Waals surface area (Å²) in [5, 5.41) is 3.43. The molecule has 0 bridgehead atoms. The van der Waals surface area contributed by atoms with Crippen LogP contribution in [0.4, 0.5) is 0 Å². The van der Waals surface area contributed by atoms with E-state index in [1.165, 1.54) is 31.9 Å². The lowest BCUT2D eigenvalue weighted by atomic mass is 9.80. The molecule has 0 amide bonds. The molecule has 0 radical (unpaired) electrons. The number of nitrogens with one attached hydrogen (secondary N) is 2. The van der Waals surface area contributed by atoms with Gasteiger partial charge in [0.1, 0.15) is 0 Å². The van der Waals surface area contributed by atoms with Crippen molar-refractivity contribution in [3.63, 3.8) is 0 Å². The molecule has 1 aliphatic carbocycles. The van der Waals surface area contributed by atoms with Crippen LogP contribution in [0.2, 0.25) is 0 Å².